The fourth-order valence-corrected chi connectivity index (χ4v) is 5.63. The van der Waals surface area contributed by atoms with E-state index in [1.54, 1.807) is 36.4 Å². The van der Waals surface area contributed by atoms with Crippen LogP contribution in [0, 0.1) is 5.82 Å². The van der Waals surface area contributed by atoms with Crippen molar-refractivity contribution in [3.63, 3.8) is 0 Å². The normalized spacial score (nSPS) is 14.1. The van der Waals surface area contributed by atoms with Gasteiger partial charge in [-0.15, -0.1) is 0 Å². The SMILES string of the molecule is CC(=O)c1ccc(Cl)c(F)c1/C=C/C(=O)N1CCc2c(-c3ccc(C(N)=O)cc3)cccc2[C@@H]1C(=O)Nc1ccc(C(=O)O)cc1. The number of Topliss-reactive ketones (excluding diaryl/α,β-unsaturated/α-hetero) is 1. The molecule has 4 aromatic carbocycles. The molecule has 0 saturated heterocycles. The van der Waals surface area contributed by atoms with E-state index >= 15 is 0 Å². The third kappa shape index (κ3) is 6.43. The Labute approximate surface area is 268 Å². The first-order valence-corrected chi connectivity index (χ1v) is 14.5. The Morgan fingerprint density at radius 1 is 0.957 bits per heavy atom. The highest BCUT2D eigenvalue weighted by Gasteiger charge is 2.36. The first-order valence-electron chi connectivity index (χ1n) is 14.1. The maximum Gasteiger partial charge on any atom is 0.335 e. The van der Waals surface area contributed by atoms with Gasteiger partial charge in [-0.2, -0.15) is 0 Å². The number of nitrogens with two attached hydrogens (primary N) is 1. The number of carbonyl (C=O) groups excluding carboxylic acids is 4. The van der Waals surface area contributed by atoms with Gasteiger partial charge in [-0.05, 0) is 90.2 Å². The fraction of sp³-hybridized carbons (Fsp3) is 0.114. The number of fused-ring (bicyclic) bond motifs is 1. The average molecular weight is 640 g/mol. The van der Waals surface area contributed by atoms with Gasteiger partial charge in [-0.1, -0.05) is 41.9 Å². The van der Waals surface area contributed by atoms with Crippen molar-refractivity contribution < 1.29 is 33.5 Å². The van der Waals surface area contributed by atoms with Crippen molar-refractivity contribution in [2.75, 3.05) is 11.9 Å². The summed E-state index contributed by atoms with van der Waals surface area (Å²) in [5, 5.41) is 11.8. The molecule has 1 aliphatic rings. The van der Waals surface area contributed by atoms with Gasteiger partial charge in [-0.25, -0.2) is 9.18 Å². The third-order valence-electron chi connectivity index (χ3n) is 7.74. The van der Waals surface area contributed by atoms with Crippen molar-refractivity contribution in [2.24, 2.45) is 5.73 Å². The Balaban J connectivity index is 1.55. The number of amides is 3. The van der Waals surface area contributed by atoms with E-state index in [1.165, 1.54) is 54.3 Å². The molecule has 4 aromatic rings. The van der Waals surface area contributed by atoms with Crippen molar-refractivity contribution in [3.05, 3.63) is 129 Å². The second kappa shape index (κ2) is 13.2. The molecule has 5 rings (SSSR count). The van der Waals surface area contributed by atoms with Crippen LogP contribution in [0.25, 0.3) is 17.2 Å². The minimum absolute atomic E-state index is 0.0353. The summed E-state index contributed by atoms with van der Waals surface area (Å²) in [7, 11) is 0. The van der Waals surface area contributed by atoms with Crippen molar-refractivity contribution >= 4 is 52.8 Å². The molecule has 1 atom stereocenters. The average Bonchev–Trinajstić information content (AvgIpc) is 3.04. The van der Waals surface area contributed by atoms with Crippen LogP contribution in [-0.2, 0) is 16.0 Å². The predicted octanol–water partition coefficient (Wildman–Crippen LogP) is 5.92. The number of ketones is 1. The topological polar surface area (TPSA) is 147 Å². The molecule has 0 aromatic heterocycles. The number of halogens is 2. The second-order valence-electron chi connectivity index (χ2n) is 10.6. The number of benzene rings is 4. The molecular formula is C35H27ClFN3O6. The van der Waals surface area contributed by atoms with Gasteiger partial charge in [0, 0.05) is 35.0 Å². The van der Waals surface area contributed by atoms with Crippen molar-refractivity contribution in [3.8, 4) is 11.1 Å². The number of hydrogen-bond acceptors (Lipinski definition) is 5. The van der Waals surface area contributed by atoms with Crippen molar-refractivity contribution in [1.29, 1.82) is 0 Å². The molecule has 1 heterocycles. The lowest BCUT2D eigenvalue weighted by Gasteiger charge is -2.37. The Kier molecular flexibility index (Phi) is 9.11. The highest BCUT2D eigenvalue weighted by Crippen LogP contribution is 2.37. The van der Waals surface area contributed by atoms with Crippen LogP contribution in [-0.4, -0.2) is 46.0 Å². The standard InChI is InChI=1S/C35H27ClFN3O6/c1-19(41)24-13-15-29(36)31(37)27(24)14-16-30(42)40-18-17-26-25(20-5-7-21(8-6-20)33(38)43)3-2-4-28(26)32(40)34(44)39-23-11-9-22(10-12-23)35(45)46/h2-16,32H,17-18H2,1H3,(H2,38,43)(H,39,44)(H,45,46)/b16-14+/t32-/m1/s1. The van der Waals surface area contributed by atoms with Gasteiger partial charge in [0.05, 0.1) is 10.6 Å². The minimum Gasteiger partial charge on any atom is -0.478 e. The Morgan fingerprint density at radius 2 is 1.63 bits per heavy atom. The molecule has 0 fully saturated rings. The molecular weight excluding hydrogens is 613 g/mol. The summed E-state index contributed by atoms with van der Waals surface area (Å²) >= 11 is 5.95. The number of nitrogens with one attached hydrogen (secondary N) is 1. The van der Waals surface area contributed by atoms with Crippen LogP contribution in [0.3, 0.4) is 0 Å². The van der Waals surface area contributed by atoms with E-state index < -0.39 is 41.3 Å². The molecule has 3 amide bonds. The smallest absolute Gasteiger partial charge is 0.335 e. The number of nitrogens with zero attached hydrogens (tertiary/aromatic N) is 1. The number of aromatic carboxylic acids is 1. The van der Waals surface area contributed by atoms with Crippen LogP contribution in [0.15, 0.2) is 84.9 Å². The lowest BCUT2D eigenvalue weighted by Crippen LogP contribution is -2.45. The Morgan fingerprint density at radius 3 is 2.26 bits per heavy atom. The van der Waals surface area contributed by atoms with E-state index in [-0.39, 0.29) is 28.3 Å². The Hall–Kier alpha value is -5.61. The summed E-state index contributed by atoms with van der Waals surface area (Å²) in [4.78, 5) is 64.0. The number of rotatable bonds is 8. The lowest BCUT2D eigenvalue weighted by atomic mass is 9.85. The van der Waals surface area contributed by atoms with Gasteiger partial charge in [0.1, 0.15) is 11.9 Å². The Bertz CT molecular complexity index is 1920. The minimum atomic E-state index is -1.14. The number of anilines is 1. The van der Waals surface area contributed by atoms with E-state index in [1.807, 2.05) is 6.07 Å². The summed E-state index contributed by atoms with van der Waals surface area (Å²) in [5.41, 5.74) is 8.91. The fourth-order valence-electron chi connectivity index (χ4n) is 5.47. The third-order valence-corrected chi connectivity index (χ3v) is 8.03. The summed E-state index contributed by atoms with van der Waals surface area (Å²) in [6, 6.07) is 19.2. The van der Waals surface area contributed by atoms with Crippen LogP contribution in [0.4, 0.5) is 10.1 Å². The van der Waals surface area contributed by atoms with Gasteiger partial charge in [0.2, 0.25) is 11.8 Å². The maximum absolute atomic E-state index is 14.9. The highest BCUT2D eigenvalue weighted by atomic mass is 35.5. The second-order valence-corrected chi connectivity index (χ2v) is 11.0. The molecule has 1 aliphatic heterocycles. The molecule has 0 saturated carbocycles. The number of carbonyl (C=O) groups is 5. The summed E-state index contributed by atoms with van der Waals surface area (Å²) in [6.07, 6.45) is 2.64. The van der Waals surface area contributed by atoms with Gasteiger partial charge in [0.25, 0.3) is 5.91 Å². The number of primary amides is 1. The molecule has 232 valence electrons. The highest BCUT2D eigenvalue weighted by molar-refractivity contribution is 6.31. The van der Waals surface area contributed by atoms with Crippen LogP contribution < -0.4 is 11.1 Å². The molecule has 11 heteroatoms. The first kappa shape index (κ1) is 31.8. The van der Waals surface area contributed by atoms with E-state index in [0.717, 1.165) is 22.8 Å². The lowest BCUT2D eigenvalue weighted by molar-refractivity contribution is -0.135. The van der Waals surface area contributed by atoms with Gasteiger partial charge in [-0.3, -0.25) is 19.2 Å². The van der Waals surface area contributed by atoms with E-state index in [2.05, 4.69) is 5.32 Å². The van der Waals surface area contributed by atoms with E-state index in [9.17, 15) is 33.5 Å². The molecule has 46 heavy (non-hydrogen) atoms. The number of carboxylic acid groups (broad SMARTS) is 1. The summed E-state index contributed by atoms with van der Waals surface area (Å²) < 4.78 is 14.9. The molecule has 0 aliphatic carbocycles. The van der Waals surface area contributed by atoms with Gasteiger partial charge < -0.3 is 21.1 Å². The zero-order valence-electron chi connectivity index (χ0n) is 24.4. The zero-order chi connectivity index (χ0) is 33.1. The number of carboxylic acids is 1. The summed E-state index contributed by atoms with van der Waals surface area (Å²) in [5.74, 6) is -4.14. The monoisotopic (exact) mass is 639 g/mol. The van der Waals surface area contributed by atoms with Crippen molar-refractivity contribution in [2.45, 2.75) is 19.4 Å². The molecule has 0 radical (unpaired) electrons. The quantitative estimate of drug-likeness (QED) is 0.161. The maximum atomic E-state index is 14.9. The van der Waals surface area contributed by atoms with E-state index in [0.29, 0.717) is 23.2 Å². The largest absolute Gasteiger partial charge is 0.478 e. The van der Waals surface area contributed by atoms with Crippen LogP contribution in [0.2, 0.25) is 5.02 Å². The molecule has 9 nitrogen and oxygen atoms in total. The van der Waals surface area contributed by atoms with Gasteiger partial charge in [0.15, 0.2) is 5.78 Å². The molecule has 0 spiro atoms. The predicted molar refractivity (Wildman–Crippen MR) is 171 cm³/mol. The van der Waals surface area contributed by atoms with Crippen LogP contribution in [0.5, 0.6) is 0 Å². The van der Waals surface area contributed by atoms with Crippen LogP contribution >= 0.6 is 11.6 Å². The van der Waals surface area contributed by atoms with E-state index in [4.69, 9.17) is 17.3 Å². The zero-order valence-corrected chi connectivity index (χ0v) is 25.2. The molecule has 0 unspecified atom stereocenters. The summed E-state index contributed by atoms with van der Waals surface area (Å²) in [6.45, 7) is 1.38. The molecule has 4 N–H and O–H groups in total. The molecule has 0 bridgehead atoms. The number of hydrogen-bond donors (Lipinski definition) is 3. The van der Waals surface area contributed by atoms with Crippen LogP contribution in [0.1, 0.15) is 60.7 Å². The van der Waals surface area contributed by atoms with Crippen molar-refractivity contribution in [1.82, 2.24) is 4.90 Å². The van der Waals surface area contributed by atoms with Gasteiger partial charge >= 0.3 is 5.97 Å². The first-order chi connectivity index (χ1) is 22.0.